The minimum atomic E-state index is -1.86. The number of hydrogen-bond donors (Lipinski definition) is 0. The van der Waals surface area contributed by atoms with Crippen LogP contribution in [0.15, 0.2) is 24.3 Å². The summed E-state index contributed by atoms with van der Waals surface area (Å²) in [5.74, 6) is -2.70. The minimum Gasteiger partial charge on any atom is -0.451 e. The molecule has 1 aliphatic heterocycles. The average Bonchev–Trinajstić information content (AvgIpc) is 2.71. The Morgan fingerprint density at radius 3 is 1.77 bits per heavy atom. The smallest absolute Gasteiger partial charge is 0.445 e. The number of carbonyl (C=O) groups is 2. The van der Waals surface area contributed by atoms with Crippen molar-refractivity contribution in [2.75, 3.05) is 0 Å². The van der Waals surface area contributed by atoms with Crippen molar-refractivity contribution in [1.29, 1.82) is 0 Å². The van der Waals surface area contributed by atoms with Crippen molar-refractivity contribution in [3.8, 4) is 0 Å². The van der Waals surface area contributed by atoms with Crippen LogP contribution in [0.3, 0.4) is 0 Å². The Kier molecular flexibility index (Phi) is 4.21. The minimum absolute atomic E-state index is 0.361. The van der Waals surface area contributed by atoms with Gasteiger partial charge in [0.2, 0.25) is 11.6 Å². The predicted molar refractivity (Wildman–Crippen MR) is 82.8 cm³/mol. The molecule has 0 amide bonds. The molecule has 5 nitrogen and oxygen atoms in total. The molecule has 2 aliphatic rings. The summed E-state index contributed by atoms with van der Waals surface area (Å²) >= 11 is 0. The Morgan fingerprint density at radius 1 is 0.909 bits per heavy atom. The molecule has 0 unspecified atom stereocenters. The third-order valence-electron chi connectivity index (χ3n) is 3.96. The van der Waals surface area contributed by atoms with Gasteiger partial charge >= 0.3 is 14.2 Å². The van der Waals surface area contributed by atoms with E-state index in [9.17, 15) is 9.59 Å². The Hall–Kier alpha value is -1.43. The van der Waals surface area contributed by atoms with Gasteiger partial charge in [-0.1, -0.05) is 51.0 Å². The maximum atomic E-state index is 12.8. The van der Waals surface area contributed by atoms with Crippen molar-refractivity contribution in [2.45, 2.75) is 45.1 Å². The number of benzene rings is 1. The highest BCUT2D eigenvalue weighted by Crippen LogP contribution is 2.38. The second kappa shape index (κ2) is 5.99. The Labute approximate surface area is 130 Å². The molecule has 1 aromatic carbocycles. The Morgan fingerprint density at radius 2 is 1.36 bits per heavy atom. The molecule has 0 saturated carbocycles. The van der Waals surface area contributed by atoms with E-state index in [4.69, 9.17) is 13.9 Å². The van der Waals surface area contributed by atoms with E-state index in [1.54, 1.807) is 24.3 Å². The van der Waals surface area contributed by atoms with Gasteiger partial charge in [0.15, 0.2) is 0 Å². The van der Waals surface area contributed by atoms with Gasteiger partial charge in [-0.05, 0) is 12.6 Å². The molecule has 0 atom stereocenters. The molecule has 0 bridgehead atoms. The predicted octanol–water partition coefficient (Wildman–Crippen LogP) is 2.62. The first-order chi connectivity index (χ1) is 10.6. The van der Waals surface area contributed by atoms with Crippen LogP contribution in [-0.2, 0) is 13.9 Å². The molecule has 1 fully saturated rings. The highest BCUT2D eigenvalue weighted by molar-refractivity contribution is 6.62. The van der Waals surface area contributed by atoms with Gasteiger partial charge in [-0.3, -0.25) is 9.59 Å². The van der Waals surface area contributed by atoms with Gasteiger partial charge in [-0.25, -0.2) is 0 Å². The molecule has 1 saturated heterocycles. The fourth-order valence-electron chi connectivity index (χ4n) is 2.90. The largest absolute Gasteiger partial charge is 0.451 e. The van der Waals surface area contributed by atoms with Crippen LogP contribution in [0.2, 0.25) is 12.6 Å². The first kappa shape index (κ1) is 15.5. The summed E-state index contributed by atoms with van der Waals surface area (Å²) in [7, 11) is -1.20. The van der Waals surface area contributed by atoms with Crippen molar-refractivity contribution < 1.29 is 23.5 Å². The van der Waals surface area contributed by atoms with Gasteiger partial charge in [0.1, 0.15) is 0 Å². The van der Waals surface area contributed by atoms with E-state index in [-0.39, 0.29) is 0 Å². The number of ketones is 2. The summed E-state index contributed by atoms with van der Waals surface area (Å²) in [6, 6.07) is 6.73. The summed E-state index contributed by atoms with van der Waals surface area (Å²) in [6.07, 6.45) is 2.88. The highest BCUT2D eigenvalue weighted by atomic mass is 16.8. The molecule has 0 N–H and O–H groups in total. The van der Waals surface area contributed by atoms with E-state index in [1.165, 1.54) is 0 Å². The molecule has 1 aromatic rings. The molecular formula is C15H18B2O5. The fourth-order valence-corrected chi connectivity index (χ4v) is 2.90. The van der Waals surface area contributed by atoms with Gasteiger partial charge in [-0.15, -0.1) is 0 Å². The lowest BCUT2D eigenvalue weighted by molar-refractivity contribution is -0.0896. The molecule has 7 heteroatoms. The number of Topliss-reactive ketones (excluding diaryl/α,β-unsaturated/α-hetero) is 2. The van der Waals surface area contributed by atoms with Gasteiger partial charge in [-0.2, -0.15) is 0 Å². The molecular weight excluding hydrogens is 282 g/mol. The fraction of sp³-hybridized carbons (Fsp3) is 0.467. The topological polar surface area (TPSA) is 61.8 Å². The van der Waals surface area contributed by atoms with E-state index in [1.807, 2.05) is 13.8 Å². The average molecular weight is 300 g/mol. The Balaban J connectivity index is 1.97. The van der Waals surface area contributed by atoms with Gasteiger partial charge in [0.25, 0.3) is 5.79 Å². The molecule has 0 radical (unpaired) electrons. The summed E-state index contributed by atoms with van der Waals surface area (Å²) in [6.45, 7) is 3.99. The van der Waals surface area contributed by atoms with E-state index in [0.29, 0.717) is 23.8 Å². The van der Waals surface area contributed by atoms with Crippen LogP contribution in [0.1, 0.15) is 47.4 Å². The van der Waals surface area contributed by atoms with E-state index >= 15 is 0 Å². The second-order valence-corrected chi connectivity index (χ2v) is 5.63. The van der Waals surface area contributed by atoms with E-state index < -0.39 is 31.6 Å². The van der Waals surface area contributed by atoms with Crippen molar-refractivity contribution >= 4 is 25.8 Å². The monoisotopic (exact) mass is 300 g/mol. The first-order valence-electron chi connectivity index (χ1n) is 7.82. The number of hydrogen-bond acceptors (Lipinski definition) is 5. The lowest BCUT2D eigenvalue weighted by Gasteiger charge is -2.38. The zero-order valence-electron chi connectivity index (χ0n) is 12.8. The summed E-state index contributed by atoms with van der Waals surface area (Å²) in [5.41, 5.74) is 0.722. The van der Waals surface area contributed by atoms with Gasteiger partial charge < -0.3 is 13.9 Å². The highest BCUT2D eigenvalue weighted by Gasteiger charge is 2.61. The number of carbonyl (C=O) groups excluding carboxylic acids is 2. The number of fused-ring (bicyclic) bond motifs is 1. The normalized spacial score (nSPS) is 19.9. The van der Waals surface area contributed by atoms with Gasteiger partial charge in [0.05, 0.1) is 0 Å². The standard InChI is InChI=1S/C15H18B2O5/c1-3-9-16-20-15(21-17(22-16)10-4-2)13(18)11-7-5-6-8-12(11)14(15)19/h5-8H,3-4,9-10H2,1-2H3. The quantitative estimate of drug-likeness (QED) is 0.632. The molecule has 3 rings (SSSR count). The van der Waals surface area contributed by atoms with Crippen LogP contribution in [0, 0.1) is 0 Å². The zero-order valence-corrected chi connectivity index (χ0v) is 12.8. The van der Waals surface area contributed by atoms with Crippen LogP contribution < -0.4 is 0 Å². The molecule has 114 valence electrons. The number of rotatable bonds is 4. The maximum Gasteiger partial charge on any atom is 0.445 e. The molecule has 1 aliphatic carbocycles. The third kappa shape index (κ3) is 2.33. The summed E-state index contributed by atoms with van der Waals surface area (Å²) in [4.78, 5) is 25.5. The van der Waals surface area contributed by atoms with Gasteiger partial charge in [0, 0.05) is 11.1 Å². The second-order valence-electron chi connectivity index (χ2n) is 5.63. The lowest BCUT2D eigenvalue weighted by Crippen LogP contribution is -2.60. The zero-order chi connectivity index (χ0) is 15.7. The Bertz CT molecular complexity index is 552. The van der Waals surface area contributed by atoms with Crippen LogP contribution in [0.5, 0.6) is 0 Å². The summed E-state index contributed by atoms with van der Waals surface area (Å²) in [5, 5.41) is 0. The maximum absolute atomic E-state index is 12.8. The van der Waals surface area contributed by atoms with E-state index in [0.717, 1.165) is 12.8 Å². The summed E-state index contributed by atoms with van der Waals surface area (Å²) < 4.78 is 17.1. The van der Waals surface area contributed by atoms with Crippen molar-refractivity contribution in [1.82, 2.24) is 0 Å². The van der Waals surface area contributed by atoms with Crippen molar-refractivity contribution in [2.24, 2.45) is 0 Å². The molecule has 22 heavy (non-hydrogen) atoms. The van der Waals surface area contributed by atoms with Crippen LogP contribution in [0.4, 0.5) is 0 Å². The van der Waals surface area contributed by atoms with Crippen LogP contribution in [0.25, 0.3) is 0 Å². The SMILES string of the molecule is CCCB1OB(CCC)OC2(O1)C(=O)c1ccccc1C2=O. The van der Waals surface area contributed by atoms with Crippen LogP contribution >= 0.6 is 0 Å². The first-order valence-corrected chi connectivity index (χ1v) is 7.82. The molecule has 1 spiro atoms. The van der Waals surface area contributed by atoms with E-state index in [2.05, 4.69) is 0 Å². The van der Waals surface area contributed by atoms with Crippen molar-refractivity contribution in [3.05, 3.63) is 35.4 Å². The lowest BCUT2D eigenvalue weighted by atomic mass is 9.71. The van der Waals surface area contributed by atoms with Crippen LogP contribution in [-0.4, -0.2) is 31.6 Å². The van der Waals surface area contributed by atoms with Crippen molar-refractivity contribution in [3.63, 3.8) is 0 Å². The third-order valence-corrected chi connectivity index (χ3v) is 3.96. The molecule has 0 aromatic heterocycles. The molecule has 1 heterocycles.